The van der Waals surface area contributed by atoms with Crippen molar-refractivity contribution in [3.63, 3.8) is 0 Å². The number of rotatable bonds is 6. The Morgan fingerprint density at radius 3 is 2.71 bits per heavy atom. The molecule has 0 saturated heterocycles. The first-order chi connectivity index (χ1) is 10.2. The number of nitrogens with zero attached hydrogens (tertiary/aromatic N) is 2. The van der Waals surface area contributed by atoms with Crippen LogP contribution in [-0.4, -0.2) is 29.8 Å². The van der Waals surface area contributed by atoms with Gasteiger partial charge in [-0.3, -0.25) is 4.79 Å². The molecule has 1 heterocycles. The summed E-state index contributed by atoms with van der Waals surface area (Å²) in [7, 11) is 1.55. The highest BCUT2D eigenvalue weighted by atomic mass is 16.5. The third-order valence-electron chi connectivity index (χ3n) is 2.67. The number of amides is 1. The molecule has 1 aromatic carbocycles. The predicted octanol–water partition coefficient (Wildman–Crippen LogP) is 2.34. The average Bonchev–Trinajstić information content (AvgIpc) is 2.54. The van der Waals surface area contributed by atoms with E-state index in [9.17, 15) is 4.79 Å². The van der Waals surface area contributed by atoms with E-state index in [4.69, 9.17) is 4.74 Å². The molecule has 0 bridgehead atoms. The summed E-state index contributed by atoms with van der Waals surface area (Å²) < 4.78 is 5.08. The predicted molar refractivity (Wildman–Crippen MR) is 81.7 cm³/mol. The van der Waals surface area contributed by atoms with E-state index < -0.39 is 0 Å². The summed E-state index contributed by atoms with van der Waals surface area (Å²) in [5, 5.41) is 13.6. The largest absolute Gasteiger partial charge is 0.497 e. The van der Waals surface area contributed by atoms with Crippen LogP contribution >= 0.6 is 0 Å². The van der Waals surface area contributed by atoms with Gasteiger partial charge in [-0.25, -0.2) is 0 Å². The number of benzene rings is 1. The second-order valence-electron chi connectivity index (χ2n) is 4.16. The molecule has 1 amide bonds. The molecule has 0 atom stereocenters. The Bertz CT molecular complexity index is 626. The van der Waals surface area contributed by atoms with E-state index in [1.54, 1.807) is 49.6 Å². The van der Waals surface area contributed by atoms with Crippen molar-refractivity contribution >= 4 is 17.5 Å². The maximum atomic E-state index is 12.1. The molecule has 0 aliphatic rings. The molecule has 21 heavy (non-hydrogen) atoms. The summed E-state index contributed by atoms with van der Waals surface area (Å²) in [5.74, 6) is 1.36. The van der Waals surface area contributed by atoms with Crippen LogP contribution in [-0.2, 0) is 0 Å². The van der Waals surface area contributed by atoms with E-state index in [1.165, 1.54) is 0 Å². The fourth-order valence-electron chi connectivity index (χ4n) is 1.62. The number of aromatic nitrogens is 2. The van der Waals surface area contributed by atoms with Gasteiger partial charge in [0.25, 0.3) is 5.91 Å². The standard InChI is InChI=1S/C15H16N4O2/c1-3-9-16-13-7-8-14(19-18-13)17-15(20)11-5-4-6-12(10-11)21-2/h3-8,10H,1,9H2,2H3,(H,16,18)(H,17,19,20). The third kappa shape index (κ3) is 4.04. The summed E-state index contributed by atoms with van der Waals surface area (Å²) in [4.78, 5) is 12.1. The smallest absolute Gasteiger partial charge is 0.256 e. The molecule has 0 aliphatic carbocycles. The number of carbonyl (C=O) groups excluding carboxylic acids is 1. The fourth-order valence-corrected chi connectivity index (χ4v) is 1.62. The molecular formula is C15H16N4O2. The van der Waals surface area contributed by atoms with Crippen LogP contribution in [0.2, 0.25) is 0 Å². The summed E-state index contributed by atoms with van der Waals surface area (Å²) in [5.41, 5.74) is 0.491. The highest BCUT2D eigenvalue weighted by molar-refractivity contribution is 6.03. The van der Waals surface area contributed by atoms with Crippen molar-refractivity contribution < 1.29 is 9.53 Å². The normalized spacial score (nSPS) is 9.76. The summed E-state index contributed by atoms with van der Waals surface area (Å²) in [6.45, 7) is 4.20. The van der Waals surface area contributed by atoms with Crippen LogP contribution in [0.4, 0.5) is 11.6 Å². The first kappa shape index (κ1) is 14.5. The van der Waals surface area contributed by atoms with Gasteiger partial charge in [-0.1, -0.05) is 12.1 Å². The van der Waals surface area contributed by atoms with Gasteiger partial charge < -0.3 is 15.4 Å². The van der Waals surface area contributed by atoms with Gasteiger partial charge in [-0.15, -0.1) is 16.8 Å². The van der Waals surface area contributed by atoms with E-state index in [2.05, 4.69) is 27.4 Å². The minimum Gasteiger partial charge on any atom is -0.497 e. The Morgan fingerprint density at radius 2 is 2.05 bits per heavy atom. The van der Waals surface area contributed by atoms with Crippen molar-refractivity contribution in [2.45, 2.75) is 0 Å². The lowest BCUT2D eigenvalue weighted by Gasteiger charge is -2.06. The zero-order valence-electron chi connectivity index (χ0n) is 11.7. The van der Waals surface area contributed by atoms with Crippen LogP contribution < -0.4 is 15.4 Å². The van der Waals surface area contributed by atoms with Crippen LogP contribution in [0.3, 0.4) is 0 Å². The first-order valence-corrected chi connectivity index (χ1v) is 6.37. The zero-order chi connectivity index (χ0) is 15.1. The minimum atomic E-state index is -0.269. The number of ether oxygens (including phenoxy) is 1. The van der Waals surface area contributed by atoms with Crippen LogP contribution in [0.1, 0.15) is 10.4 Å². The minimum absolute atomic E-state index is 0.269. The van der Waals surface area contributed by atoms with Gasteiger partial charge in [-0.2, -0.15) is 0 Å². The average molecular weight is 284 g/mol. The SMILES string of the molecule is C=CCNc1ccc(NC(=O)c2cccc(OC)c2)nn1. The molecule has 2 aromatic rings. The van der Waals surface area contributed by atoms with Crippen LogP contribution in [0.5, 0.6) is 5.75 Å². The summed E-state index contributed by atoms with van der Waals surface area (Å²) in [6, 6.07) is 10.3. The molecule has 0 radical (unpaired) electrons. The highest BCUT2D eigenvalue weighted by Gasteiger charge is 2.08. The number of hydrogen-bond acceptors (Lipinski definition) is 5. The maximum absolute atomic E-state index is 12.1. The van der Waals surface area contributed by atoms with Gasteiger partial charge in [0.05, 0.1) is 7.11 Å². The lowest BCUT2D eigenvalue weighted by atomic mass is 10.2. The van der Waals surface area contributed by atoms with Gasteiger partial charge >= 0.3 is 0 Å². The van der Waals surface area contributed by atoms with E-state index in [-0.39, 0.29) is 5.91 Å². The number of methoxy groups -OCH3 is 1. The Hall–Kier alpha value is -2.89. The van der Waals surface area contributed by atoms with Gasteiger partial charge in [0.15, 0.2) is 5.82 Å². The molecule has 0 unspecified atom stereocenters. The highest BCUT2D eigenvalue weighted by Crippen LogP contribution is 2.14. The fraction of sp³-hybridized carbons (Fsp3) is 0.133. The molecular weight excluding hydrogens is 268 g/mol. The molecule has 0 saturated carbocycles. The lowest BCUT2D eigenvalue weighted by molar-refractivity contribution is 0.102. The van der Waals surface area contributed by atoms with E-state index in [0.29, 0.717) is 29.5 Å². The topological polar surface area (TPSA) is 76.1 Å². The number of hydrogen-bond donors (Lipinski definition) is 2. The maximum Gasteiger partial charge on any atom is 0.256 e. The van der Waals surface area contributed by atoms with Crippen molar-refractivity contribution in [2.75, 3.05) is 24.3 Å². The zero-order valence-corrected chi connectivity index (χ0v) is 11.7. The van der Waals surface area contributed by atoms with E-state index in [1.807, 2.05) is 0 Å². The van der Waals surface area contributed by atoms with Crippen molar-refractivity contribution in [1.82, 2.24) is 10.2 Å². The molecule has 6 nitrogen and oxygen atoms in total. The van der Waals surface area contributed by atoms with Gasteiger partial charge in [0.2, 0.25) is 0 Å². The summed E-state index contributed by atoms with van der Waals surface area (Å²) in [6.07, 6.45) is 1.72. The molecule has 0 spiro atoms. The molecule has 0 aliphatic heterocycles. The lowest BCUT2D eigenvalue weighted by Crippen LogP contribution is -2.13. The summed E-state index contributed by atoms with van der Waals surface area (Å²) >= 11 is 0. The van der Waals surface area contributed by atoms with Crippen LogP contribution in [0.25, 0.3) is 0 Å². The van der Waals surface area contributed by atoms with E-state index in [0.717, 1.165) is 0 Å². The molecule has 2 N–H and O–H groups in total. The van der Waals surface area contributed by atoms with Crippen molar-refractivity contribution in [3.8, 4) is 5.75 Å². The molecule has 1 aromatic heterocycles. The van der Waals surface area contributed by atoms with Gasteiger partial charge in [-0.05, 0) is 30.3 Å². The second-order valence-corrected chi connectivity index (χ2v) is 4.16. The van der Waals surface area contributed by atoms with Crippen molar-refractivity contribution in [1.29, 1.82) is 0 Å². The Kier molecular flexibility index (Phi) is 4.87. The molecule has 2 rings (SSSR count). The van der Waals surface area contributed by atoms with Crippen LogP contribution in [0.15, 0.2) is 49.1 Å². The van der Waals surface area contributed by atoms with Crippen molar-refractivity contribution in [3.05, 3.63) is 54.6 Å². The van der Waals surface area contributed by atoms with Gasteiger partial charge in [0.1, 0.15) is 11.6 Å². The Labute approximate surface area is 122 Å². The number of anilines is 2. The monoisotopic (exact) mass is 284 g/mol. The van der Waals surface area contributed by atoms with Crippen molar-refractivity contribution in [2.24, 2.45) is 0 Å². The second kappa shape index (κ2) is 7.04. The molecule has 108 valence electrons. The Balaban J connectivity index is 2.03. The molecule has 0 fully saturated rings. The van der Waals surface area contributed by atoms with Crippen LogP contribution in [0, 0.1) is 0 Å². The number of nitrogens with one attached hydrogen (secondary N) is 2. The van der Waals surface area contributed by atoms with Gasteiger partial charge in [0, 0.05) is 12.1 Å². The quantitative estimate of drug-likeness (QED) is 0.796. The Morgan fingerprint density at radius 1 is 1.29 bits per heavy atom. The third-order valence-corrected chi connectivity index (χ3v) is 2.67. The first-order valence-electron chi connectivity index (χ1n) is 6.37. The van der Waals surface area contributed by atoms with E-state index >= 15 is 0 Å². The molecule has 6 heteroatoms. The number of carbonyl (C=O) groups is 1.